The van der Waals surface area contributed by atoms with Gasteiger partial charge in [-0.15, -0.1) is 0 Å². The van der Waals surface area contributed by atoms with E-state index >= 15 is 0 Å². The summed E-state index contributed by atoms with van der Waals surface area (Å²) in [5, 5.41) is 10.8. The summed E-state index contributed by atoms with van der Waals surface area (Å²) < 4.78 is 4.97. The molecule has 11 rings (SSSR count). The fourth-order valence-electron chi connectivity index (χ4n) is 9.20. The van der Waals surface area contributed by atoms with Crippen molar-refractivity contribution < 1.29 is 0 Å². The van der Waals surface area contributed by atoms with Crippen molar-refractivity contribution >= 4 is 72.4 Å². The van der Waals surface area contributed by atoms with Crippen molar-refractivity contribution in [3.05, 3.63) is 194 Å². The Morgan fingerprint density at radius 3 is 1.63 bits per heavy atom. The number of nitrogens with zero attached hydrogens (tertiary/aromatic N) is 2. The van der Waals surface area contributed by atoms with Crippen molar-refractivity contribution in [2.24, 2.45) is 0 Å². The Morgan fingerprint density at radius 2 is 0.902 bits per heavy atom. The second-order valence-electron chi connectivity index (χ2n) is 13.7. The van der Waals surface area contributed by atoms with Gasteiger partial charge < -0.3 is 9.13 Å². The molecular formula is C48H32N2Si. The van der Waals surface area contributed by atoms with Gasteiger partial charge in [0.05, 0.1) is 22.1 Å². The largest absolute Gasteiger partial charge is 0.309 e. The zero-order valence-corrected chi connectivity index (χ0v) is 28.9. The van der Waals surface area contributed by atoms with E-state index in [-0.39, 0.29) is 0 Å². The van der Waals surface area contributed by atoms with Gasteiger partial charge in [-0.05, 0) is 74.3 Å². The molecule has 3 heterocycles. The van der Waals surface area contributed by atoms with E-state index < -0.39 is 8.07 Å². The van der Waals surface area contributed by atoms with E-state index in [9.17, 15) is 0 Å². The third-order valence-corrected chi connectivity index (χ3v) is 16.0. The zero-order chi connectivity index (χ0) is 33.5. The normalized spacial score (nSPS) is 13.3. The van der Waals surface area contributed by atoms with E-state index in [0.29, 0.717) is 0 Å². The van der Waals surface area contributed by atoms with E-state index in [1.165, 1.54) is 86.9 Å². The summed E-state index contributed by atoms with van der Waals surface area (Å²) in [5.41, 5.74) is 9.97. The molecule has 51 heavy (non-hydrogen) atoms. The third-order valence-electron chi connectivity index (χ3n) is 11.2. The van der Waals surface area contributed by atoms with Crippen molar-refractivity contribution in [3.8, 4) is 22.5 Å². The van der Waals surface area contributed by atoms with Crippen molar-refractivity contribution in [2.45, 2.75) is 0 Å². The molecule has 1 aliphatic rings. The molecule has 0 saturated heterocycles. The molecular weight excluding hydrogens is 633 g/mol. The molecule has 10 aromatic rings. The van der Waals surface area contributed by atoms with E-state index in [2.05, 4.69) is 203 Å². The van der Waals surface area contributed by atoms with Gasteiger partial charge >= 0.3 is 0 Å². The van der Waals surface area contributed by atoms with Crippen molar-refractivity contribution in [2.75, 3.05) is 0 Å². The van der Waals surface area contributed by atoms with Crippen LogP contribution in [-0.2, 0) is 0 Å². The van der Waals surface area contributed by atoms with Crippen LogP contribution >= 0.6 is 0 Å². The average molecular weight is 665 g/mol. The molecule has 1 aliphatic heterocycles. The minimum absolute atomic E-state index is 1.17. The Bertz CT molecular complexity index is 2920. The molecule has 8 aromatic carbocycles. The lowest BCUT2D eigenvalue weighted by Gasteiger charge is -2.31. The maximum Gasteiger partial charge on any atom is 0.180 e. The van der Waals surface area contributed by atoms with Crippen LogP contribution in [0.1, 0.15) is 0 Å². The second-order valence-corrected chi connectivity index (χ2v) is 17.4. The van der Waals surface area contributed by atoms with Crippen LogP contribution in [0.3, 0.4) is 0 Å². The molecule has 238 valence electrons. The molecule has 0 fully saturated rings. The van der Waals surface area contributed by atoms with Gasteiger partial charge in [-0.1, -0.05) is 152 Å². The van der Waals surface area contributed by atoms with Gasteiger partial charge in [0.25, 0.3) is 0 Å². The molecule has 0 aliphatic carbocycles. The van der Waals surface area contributed by atoms with E-state index in [4.69, 9.17) is 0 Å². The first kappa shape index (κ1) is 28.4. The Balaban J connectivity index is 1.27. The minimum atomic E-state index is -2.64. The maximum absolute atomic E-state index is 2.64. The molecule has 0 atom stereocenters. The first-order chi connectivity index (χ1) is 25.3. The molecule has 0 saturated carbocycles. The van der Waals surface area contributed by atoms with Crippen LogP contribution in [0.4, 0.5) is 0 Å². The number of rotatable bonds is 4. The molecule has 0 spiro atoms. The van der Waals surface area contributed by atoms with Crippen LogP contribution in [0, 0.1) is 0 Å². The van der Waals surface area contributed by atoms with Gasteiger partial charge in [-0.25, -0.2) is 0 Å². The van der Waals surface area contributed by atoms with Crippen LogP contribution in [-0.4, -0.2) is 17.2 Å². The Labute approximate surface area is 297 Å². The summed E-state index contributed by atoms with van der Waals surface area (Å²) in [7, 11) is -2.64. The SMILES string of the molecule is c1ccc(-n2c3ccccc3c3ccc4c(c5ccccc5n4-c4ccc5c(c4)[Si](c4ccccc4)(c4ccccc4)c4ccccc4-5)c32)cc1. The van der Waals surface area contributed by atoms with E-state index in [1.807, 2.05) is 0 Å². The lowest BCUT2D eigenvalue weighted by molar-refractivity contribution is 1.18. The van der Waals surface area contributed by atoms with Gasteiger partial charge in [0, 0.05) is 32.9 Å². The summed E-state index contributed by atoms with van der Waals surface area (Å²) in [6.07, 6.45) is 0. The Morgan fingerprint density at radius 1 is 0.333 bits per heavy atom. The summed E-state index contributed by atoms with van der Waals surface area (Å²) in [4.78, 5) is 0. The molecule has 0 amide bonds. The highest BCUT2D eigenvalue weighted by molar-refractivity contribution is 7.22. The summed E-state index contributed by atoms with van der Waals surface area (Å²) in [6.45, 7) is 0. The van der Waals surface area contributed by atoms with Crippen molar-refractivity contribution in [1.29, 1.82) is 0 Å². The monoisotopic (exact) mass is 664 g/mol. The molecule has 0 radical (unpaired) electrons. The van der Waals surface area contributed by atoms with E-state index in [0.717, 1.165) is 0 Å². The highest BCUT2D eigenvalue weighted by Crippen LogP contribution is 2.42. The molecule has 2 nitrogen and oxygen atoms in total. The number of hydrogen-bond donors (Lipinski definition) is 0. The second kappa shape index (κ2) is 10.8. The Kier molecular flexibility index (Phi) is 6.01. The smallest absolute Gasteiger partial charge is 0.180 e. The Hall–Kier alpha value is -6.42. The highest BCUT2D eigenvalue weighted by atomic mass is 28.3. The summed E-state index contributed by atoms with van der Waals surface area (Å²) in [5.74, 6) is 0. The van der Waals surface area contributed by atoms with Crippen molar-refractivity contribution in [1.82, 2.24) is 9.13 Å². The lowest BCUT2D eigenvalue weighted by Crippen LogP contribution is -2.72. The van der Waals surface area contributed by atoms with Crippen molar-refractivity contribution in [3.63, 3.8) is 0 Å². The quantitative estimate of drug-likeness (QED) is 0.166. The molecule has 0 N–H and O–H groups in total. The number of benzene rings is 8. The van der Waals surface area contributed by atoms with Crippen LogP contribution in [0.2, 0.25) is 0 Å². The average Bonchev–Trinajstić information content (AvgIpc) is 3.83. The van der Waals surface area contributed by atoms with Gasteiger partial charge in [0.2, 0.25) is 0 Å². The van der Waals surface area contributed by atoms with Gasteiger partial charge in [0.1, 0.15) is 0 Å². The fourth-order valence-corrected chi connectivity index (χ4v) is 14.4. The van der Waals surface area contributed by atoms with Crippen LogP contribution in [0.15, 0.2) is 194 Å². The number of hydrogen-bond acceptors (Lipinski definition) is 0. The molecule has 2 aromatic heterocycles. The number of fused-ring (bicyclic) bond motifs is 10. The standard InChI is InChI=1S/C48H32N2Si/c1-4-16-33(17-5-1)50-42-25-13-10-22-37(42)40-30-31-44-47(48(40)50)41-24-11-14-26-43(41)49(44)34-28-29-39-38-23-12-15-27-45(38)51(46(39)32-34,35-18-6-2-7-19-35)36-20-8-3-9-21-36/h1-32H. The summed E-state index contributed by atoms with van der Waals surface area (Å²) in [6, 6.07) is 72.2. The van der Waals surface area contributed by atoms with Gasteiger partial charge in [0.15, 0.2) is 8.07 Å². The topological polar surface area (TPSA) is 9.86 Å². The first-order valence-electron chi connectivity index (χ1n) is 17.7. The number of para-hydroxylation sites is 3. The first-order valence-corrected chi connectivity index (χ1v) is 19.7. The van der Waals surface area contributed by atoms with E-state index in [1.54, 1.807) is 0 Å². The minimum Gasteiger partial charge on any atom is -0.309 e. The predicted molar refractivity (Wildman–Crippen MR) is 218 cm³/mol. The third kappa shape index (κ3) is 3.81. The maximum atomic E-state index is 2.53. The molecule has 0 bridgehead atoms. The van der Waals surface area contributed by atoms with Crippen LogP contribution < -0.4 is 20.7 Å². The molecule has 0 unspecified atom stereocenters. The zero-order valence-electron chi connectivity index (χ0n) is 27.9. The van der Waals surface area contributed by atoms with Crippen LogP contribution in [0.5, 0.6) is 0 Å². The summed E-state index contributed by atoms with van der Waals surface area (Å²) >= 11 is 0. The van der Waals surface area contributed by atoms with Gasteiger partial charge in [-0.2, -0.15) is 0 Å². The predicted octanol–water partition coefficient (Wildman–Crippen LogP) is 9.24. The highest BCUT2D eigenvalue weighted by Gasteiger charge is 2.48. The lowest BCUT2D eigenvalue weighted by atomic mass is 10.1. The van der Waals surface area contributed by atoms with Gasteiger partial charge in [-0.3, -0.25) is 0 Å². The molecule has 3 heteroatoms. The van der Waals surface area contributed by atoms with Crippen LogP contribution in [0.25, 0.3) is 66.1 Å². The number of aromatic nitrogens is 2. The fraction of sp³-hybridized carbons (Fsp3) is 0.